The van der Waals surface area contributed by atoms with Gasteiger partial charge in [-0.25, -0.2) is 4.99 Å². The summed E-state index contributed by atoms with van der Waals surface area (Å²) in [6.07, 6.45) is 7.60. The summed E-state index contributed by atoms with van der Waals surface area (Å²) in [5.74, 6) is 2.88. The van der Waals surface area contributed by atoms with Gasteiger partial charge in [-0.2, -0.15) is 0 Å². The fourth-order valence-electron chi connectivity index (χ4n) is 3.57. The predicted octanol–water partition coefficient (Wildman–Crippen LogP) is 1.73. The molecule has 1 aromatic heterocycles. The molecule has 0 unspecified atom stereocenters. The summed E-state index contributed by atoms with van der Waals surface area (Å²) in [5, 5.41) is 15.2. The van der Waals surface area contributed by atoms with Gasteiger partial charge in [0.15, 0.2) is 11.8 Å². The molecule has 2 fully saturated rings. The number of aliphatic imine (C=N–C) groups is 1. The van der Waals surface area contributed by atoms with Gasteiger partial charge in [0.1, 0.15) is 12.4 Å². The number of halogens is 1. The third-order valence-electron chi connectivity index (χ3n) is 5.33. The van der Waals surface area contributed by atoms with Gasteiger partial charge in [0.25, 0.3) is 0 Å². The van der Waals surface area contributed by atoms with Crippen LogP contribution in [0.25, 0.3) is 0 Å². The zero-order valence-corrected chi connectivity index (χ0v) is 18.7. The molecule has 1 aliphatic heterocycles. The minimum atomic E-state index is 0. The van der Waals surface area contributed by atoms with Crippen LogP contribution in [0.4, 0.5) is 0 Å². The molecule has 27 heavy (non-hydrogen) atoms. The molecule has 2 heterocycles. The SMILES string of the molecule is Cc1nnc(CN=C(NCCCN2CCCC2=O)NC2CCCC2)n1C.I. The lowest BCUT2D eigenvalue weighted by molar-refractivity contribution is -0.127. The van der Waals surface area contributed by atoms with E-state index in [9.17, 15) is 4.79 Å². The number of likely N-dealkylation sites (tertiary alicyclic amines) is 1. The first-order valence-corrected chi connectivity index (χ1v) is 9.81. The number of carbonyl (C=O) groups excluding carboxylic acids is 1. The normalized spacial score (nSPS) is 18.1. The molecule has 2 aliphatic rings. The number of rotatable bonds is 7. The van der Waals surface area contributed by atoms with Crippen molar-refractivity contribution in [2.45, 2.75) is 64.5 Å². The zero-order valence-electron chi connectivity index (χ0n) is 16.4. The van der Waals surface area contributed by atoms with Crippen LogP contribution >= 0.6 is 24.0 Å². The number of hydrogen-bond donors (Lipinski definition) is 2. The molecule has 1 saturated carbocycles. The number of guanidine groups is 1. The molecule has 152 valence electrons. The molecule has 2 N–H and O–H groups in total. The van der Waals surface area contributed by atoms with Crippen LogP contribution in [0.5, 0.6) is 0 Å². The predicted molar refractivity (Wildman–Crippen MR) is 116 cm³/mol. The number of nitrogens with zero attached hydrogens (tertiary/aromatic N) is 5. The molecule has 0 radical (unpaired) electrons. The Morgan fingerprint density at radius 3 is 2.67 bits per heavy atom. The summed E-state index contributed by atoms with van der Waals surface area (Å²) < 4.78 is 1.97. The molecule has 0 atom stereocenters. The van der Waals surface area contributed by atoms with E-state index in [4.69, 9.17) is 4.99 Å². The minimum absolute atomic E-state index is 0. The number of aromatic nitrogens is 3. The Kier molecular flexibility index (Phi) is 8.78. The van der Waals surface area contributed by atoms with Crippen LogP contribution in [0.3, 0.4) is 0 Å². The Morgan fingerprint density at radius 2 is 2.04 bits per heavy atom. The highest BCUT2D eigenvalue weighted by molar-refractivity contribution is 14.0. The van der Waals surface area contributed by atoms with Crippen molar-refractivity contribution in [1.82, 2.24) is 30.3 Å². The van der Waals surface area contributed by atoms with Crippen molar-refractivity contribution in [2.75, 3.05) is 19.6 Å². The molecule has 1 amide bonds. The van der Waals surface area contributed by atoms with Crippen molar-refractivity contribution >= 4 is 35.8 Å². The molecule has 8 nitrogen and oxygen atoms in total. The highest BCUT2D eigenvalue weighted by atomic mass is 127. The summed E-state index contributed by atoms with van der Waals surface area (Å²) in [4.78, 5) is 18.3. The van der Waals surface area contributed by atoms with Gasteiger partial charge in [0.2, 0.25) is 5.91 Å². The summed E-state index contributed by atoms with van der Waals surface area (Å²) in [6.45, 7) is 4.98. The van der Waals surface area contributed by atoms with Crippen molar-refractivity contribution < 1.29 is 4.79 Å². The lowest BCUT2D eigenvalue weighted by Crippen LogP contribution is -2.43. The third-order valence-corrected chi connectivity index (χ3v) is 5.33. The van der Waals surface area contributed by atoms with Crippen molar-refractivity contribution in [2.24, 2.45) is 12.0 Å². The van der Waals surface area contributed by atoms with Crippen LogP contribution < -0.4 is 10.6 Å². The molecule has 0 spiro atoms. The summed E-state index contributed by atoms with van der Waals surface area (Å²) >= 11 is 0. The second kappa shape index (κ2) is 10.8. The van der Waals surface area contributed by atoms with Gasteiger partial charge in [-0.15, -0.1) is 34.2 Å². The van der Waals surface area contributed by atoms with E-state index in [1.54, 1.807) is 0 Å². The highest BCUT2D eigenvalue weighted by Gasteiger charge is 2.19. The van der Waals surface area contributed by atoms with E-state index >= 15 is 0 Å². The molecule has 1 aromatic rings. The Morgan fingerprint density at radius 1 is 1.26 bits per heavy atom. The van der Waals surface area contributed by atoms with Gasteiger partial charge >= 0.3 is 0 Å². The largest absolute Gasteiger partial charge is 0.356 e. The minimum Gasteiger partial charge on any atom is -0.356 e. The highest BCUT2D eigenvalue weighted by Crippen LogP contribution is 2.17. The van der Waals surface area contributed by atoms with E-state index < -0.39 is 0 Å². The summed E-state index contributed by atoms with van der Waals surface area (Å²) in [5.41, 5.74) is 0. The number of hydrogen-bond acceptors (Lipinski definition) is 4. The monoisotopic (exact) mass is 489 g/mol. The quantitative estimate of drug-likeness (QED) is 0.264. The number of carbonyl (C=O) groups is 1. The number of nitrogens with one attached hydrogen (secondary N) is 2. The molecule has 3 rings (SSSR count). The maximum Gasteiger partial charge on any atom is 0.222 e. The van der Waals surface area contributed by atoms with E-state index in [0.29, 0.717) is 24.9 Å². The molecule has 0 bridgehead atoms. The fraction of sp³-hybridized carbons (Fsp3) is 0.778. The van der Waals surface area contributed by atoms with Crippen LogP contribution in [0.2, 0.25) is 0 Å². The summed E-state index contributed by atoms with van der Waals surface area (Å²) in [7, 11) is 1.96. The van der Waals surface area contributed by atoms with E-state index in [1.807, 2.05) is 23.4 Å². The smallest absolute Gasteiger partial charge is 0.222 e. The van der Waals surface area contributed by atoms with E-state index in [1.165, 1.54) is 25.7 Å². The van der Waals surface area contributed by atoms with Gasteiger partial charge in [-0.05, 0) is 32.6 Å². The molecule has 1 aliphatic carbocycles. The first-order valence-electron chi connectivity index (χ1n) is 9.81. The Hall–Kier alpha value is -1.39. The van der Waals surface area contributed by atoms with Crippen molar-refractivity contribution in [3.63, 3.8) is 0 Å². The van der Waals surface area contributed by atoms with E-state index in [2.05, 4.69) is 20.8 Å². The maximum atomic E-state index is 11.7. The molecule has 9 heteroatoms. The van der Waals surface area contributed by atoms with Crippen LogP contribution in [0.15, 0.2) is 4.99 Å². The van der Waals surface area contributed by atoms with E-state index in [0.717, 1.165) is 50.1 Å². The standard InChI is InChI=1S/C18H31N7O.HI/c1-14-22-23-16(24(14)2)13-20-18(21-15-7-3-4-8-15)19-10-6-12-25-11-5-9-17(25)26;/h15H,3-13H2,1-2H3,(H2,19,20,21);1H. The first-order chi connectivity index (χ1) is 12.6. The fourth-order valence-corrected chi connectivity index (χ4v) is 3.57. The van der Waals surface area contributed by atoms with Crippen molar-refractivity contribution in [3.8, 4) is 0 Å². The van der Waals surface area contributed by atoms with Crippen LogP contribution in [-0.2, 0) is 18.4 Å². The van der Waals surface area contributed by atoms with Gasteiger partial charge in [-0.3, -0.25) is 4.79 Å². The van der Waals surface area contributed by atoms with Gasteiger partial charge in [0, 0.05) is 39.1 Å². The molecule has 0 aromatic carbocycles. The molecular weight excluding hydrogens is 457 g/mol. The third kappa shape index (κ3) is 6.32. The van der Waals surface area contributed by atoms with Gasteiger partial charge in [0.05, 0.1) is 0 Å². The lowest BCUT2D eigenvalue weighted by Gasteiger charge is -2.19. The summed E-state index contributed by atoms with van der Waals surface area (Å²) in [6, 6.07) is 0.502. The Bertz CT molecular complexity index is 640. The zero-order chi connectivity index (χ0) is 18.4. The molecular formula is C18H32IN7O. The van der Waals surface area contributed by atoms with Crippen LogP contribution in [0, 0.1) is 6.92 Å². The average Bonchev–Trinajstić information content (AvgIpc) is 3.35. The number of amides is 1. The lowest BCUT2D eigenvalue weighted by atomic mass is 10.2. The number of aryl methyl sites for hydroxylation is 1. The van der Waals surface area contributed by atoms with Gasteiger partial charge < -0.3 is 20.1 Å². The first kappa shape index (κ1) is 21.9. The average molecular weight is 489 g/mol. The maximum absolute atomic E-state index is 11.7. The Labute approximate surface area is 178 Å². The van der Waals surface area contributed by atoms with E-state index in [-0.39, 0.29) is 24.0 Å². The second-order valence-electron chi connectivity index (χ2n) is 7.28. The Balaban J connectivity index is 0.00000261. The van der Waals surface area contributed by atoms with Crippen molar-refractivity contribution in [3.05, 3.63) is 11.6 Å². The second-order valence-corrected chi connectivity index (χ2v) is 7.28. The topological polar surface area (TPSA) is 87.4 Å². The van der Waals surface area contributed by atoms with Crippen LogP contribution in [-0.4, -0.2) is 57.2 Å². The molecule has 1 saturated heterocycles. The van der Waals surface area contributed by atoms with Crippen LogP contribution in [0.1, 0.15) is 56.6 Å². The van der Waals surface area contributed by atoms with Crippen molar-refractivity contribution in [1.29, 1.82) is 0 Å². The van der Waals surface area contributed by atoms with Gasteiger partial charge in [-0.1, -0.05) is 12.8 Å².